The quantitative estimate of drug-likeness (QED) is 0.532. The first-order valence-electron chi connectivity index (χ1n) is 8.21. The maximum absolute atomic E-state index is 6.02. The van der Waals surface area contributed by atoms with Crippen molar-refractivity contribution >= 4 is 5.69 Å². The molecule has 1 aromatic carbocycles. The third-order valence-corrected chi connectivity index (χ3v) is 3.86. The summed E-state index contributed by atoms with van der Waals surface area (Å²) in [6.45, 7) is 10.8. The molecule has 1 aliphatic heterocycles. The van der Waals surface area contributed by atoms with Crippen LogP contribution in [0, 0.1) is 0 Å². The summed E-state index contributed by atoms with van der Waals surface area (Å²) in [5.41, 5.74) is 7.73. The van der Waals surface area contributed by atoms with Gasteiger partial charge in [0.15, 0.2) is 6.29 Å². The molecule has 1 aromatic rings. The van der Waals surface area contributed by atoms with Crippen LogP contribution in [-0.4, -0.2) is 44.0 Å². The largest absolute Gasteiger partial charge is 0.491 e. The molecule has 0 bridgehead atoms. The van der Waals surface area contributed by atoms with Crippen molar-refractivity contribution in [2.45, 2.75) is 39.6 Å². The molecular weight excluding hydrogens is 280 g/mol. The standard InChI is InChI=1S/C17H28N2O3/c1-4-10-20-15-8-7-13(12-14(15)18)16-17(22-16)21-11-9-19(5-2)6-3/h7-8,12,16-17H,4-6,9-11,18H2,1-3H3. The molecule has 1 saturated heterocycles. The van der Waals surface area contributed by atoms with Gasteiger partial charge in [-0.2, -0.15) is 0 Å². The Labute approximate surface area is 133 Å². The summed E-state index contributed by atoms with van der Waals surface area (Å²) in [6.07, 6.45) is 0.826. The van der Waals surface area contributed by atoms with E-state index in [2.05, 4.69) is 25.7 Å². The number of epoxide rings is 1. The van der Waals surface area contributed by atoms with Gasteiger partial charge in [0.25, 0.3) is 0 Å². The fraction of sp³-hybridized carbons (Fsp3) is 0.647. The van der Waals surface area contributed by atoms with Gasteiger partial charge in [0.1, 0.15) is 11.9 Å². The lowest BCUT2D eigenvalue weighted by Crippen LogP contribution is -2.27. The molecule has 2 unspecified atom stereocenters. The molecule has 22 heavy (non-hydrogen) atoms. The van der Waals surface area contributed by atoms with Crippen LogP contribution >= 0.6 is 0 Å². The molecular formula is C17H28N2O3. The number of hydrogen-bond acceptors (Lipinski definition) is 5. The molecule has 0 saturated carbocycles. The Morgan fingerprint density at radius 2 is 1.95 bits per heavy atom. The molecule has 0 aliphatic carbocycles. The summed E-state index contributed by atoms with van der Waals surface area (Å²) in [5, 5.41) is 0. The van der Waals surface area contributed by atoms with Crippen LogP contribution in [-0.2, 0) is 9.47 Å². The molecule has 1 aliphatic rings. The van der Waals surface area contributed by atoms with Crippen LogP contribution in [0.4, 0.5) is 5.69 Å². The fourth-order valence-corrected chi connectivity index (χ4v) is 2.39. The molecule has 0 amide bonds. The highest BCUT2D eigenvalue weighted by Gasteiger charge is 2.41. The highest BCUT2D eigenvalue weighted by Crippen LogP contribution is 2.41. The first-order chi connectivity index (χ1) is 10.7. The average molecular weight is 308 g/mol. The molecule has 5 nitrogen and oxygen atoms in total. The number of rotatable bonds is 10. The normalized spacial score (nSPS) is 20.4. The van der Waals surface area contributed by atoms with Crippen LogP contribution in [0.1, 0.15) is 38.9 Å². The topological polar surface area (TPSA) is 60.2 Å². The first-order valence-corrected chi connectivity index (χ1v) is 8.21. The van der Waals surface area contributed by atoms with Gasteiger partial charge < -0.3 is 24.8 Å². The first kappa shape index (κ1) is 17.1. The predicted molar refractivity (Wildman–Crippen MR) is 88.0 cm³/mol. The van der Waals surface area contributed by atoms with E-state index in [4.69, 9.17) is 19.9 Å². The maximum Gasteiger partial charge on any atom is 0.189 e. The van der Waals surface area contributed by atoms with Gasteiger partial charge in [0.2, 0.25) is 0 Å². The summed E-state index contributed by atoms with van der Waals surface area (Å²) in [6, 6.07) is 5.83. The number of likely N-dealkylation sites (N-methyl/N-ethyl adjacent to an activating group) is 1. The van der Waals surface area contributed by atoms with E-state index in [0.29, 0.717) is 18.9 Å². The van der Waals surface area contributed by atoms with Gasteiger partial charge in [-0.25, -0.2) is 0 Å². The number of nitrogens with zero attached hydrogens (tertiary/aromatic N) is 1. The third-order valence-electron chi connectivity index (χ3n) is 3.86. The van der Waals surface area contributed by atoms with Gasteiger partial charge in [0.05, 0.1) is 18.9 Å². The SMILES string of the molecule is CCCOc1ccc(C2OC2OCCN(CC)CC)cc1N. The second-order valence-electron chi connectivity index (χ2n) is 5.47. The second kappa shape index (κ2) is 8.36. The van der Waals surface area contributed by atoms with E-state index < -0.39 is 0 Å². The second-order valence-corrected chi connectivity index (χ2v) is 5.47. The van der Waals surface area contributed by atoms with Crippen LogP contribution in [0.2, 0.25) is 0 Å². The molecule has 0 spiro atoms. The molecule has 2 rings (SSSR count). The van der Waals surface area contributed by atoms with Crippen molar-refractivity contribution in [2.75, 3.05) is 38.6 Å². The average Bonchev–Trinajstić information content (AvgIpc) is 3.30. The van der Waals surface area contributed by atoms with Crippen LogP contribution in [0.25, 0.3) is 0 Å². The monoisotopic (exact) mass is 308 g/mol. The summed E-state index contributed by atoms with van der Waals surface area (Å²) < 4.78 is 16.9. The Hall–Kier alpha value is -1.30. The summed E-state index contributed by atoms with van der Waals surface area (Å²) in [7, 11) is 0. The Morgan fingerprint density at radius 1 is 1.18 bits per heavy atom. The van der Waals surface area contributed by atoms with Gasteiger partial charge in [-0.1, -0.05) is 26.8 Å². The van der Waals surface area contributed by atoms with E-state index in [0.717, 1.165) is 37.4 Å². The minimum atomic E-state index is -0.141. The highest BCUT2D eigenvalue weighted by molar-refractivity contribution is 5.55. The zero-order valence-electron chi connectivity index (χ0n) is 13.9. The number of nitrogens with two attached hydrogens (primary N) is 1. The molecule has 0 aromatic heterocycles. The lowest BCUT2D eigenvalue weighted by atomic mass is 10.1. The van der Waals surface area contributed by atoms with Crippen molar-refractivity contribution < 1.29 is 14.2 Å². The third kappa shape index (κ3) is 4.60. The van der Waals surface area contributed by atoms with E-state index in [1.807, 2.05) is 18.2 Å². The lowest BCUT2D eigenvalue weighted by molar-refractivity contribution is 0.0371. The van der Waals surface area contributed by atoms with Crippen LogP contribution < -0.4 is 10.5 Å². The summed E-state index contributed by atoms with van der Waals surface area (Å²) in [4.78, 5) is 2.33. The Bertz CT molecular complexity index is 463. The van der Waals surface area contributed by atoms with Crippen LogP contribution in [0.15, 0.2) is 18.2 Å². The van der Waals surface area contributed by atoms with Crippen molar-refractivity contribution in [2.24, 2.45) is 0 Å². The molecule has 1 heterocycles. The Kier molecular flexibility index (Phi) is 6.49. The van der Waals surface area contributed by atoms with Crippen molar-refractivity contribution in [1.29, 1.82) is 0 Å². The predicted octanol–water partition coefficient (Wildman–Crippen LogP) is 2.81. The van der Waals surface area contributed by atoms with E-state index in [1.165, 1.54) is 0 Å². The molecule has 2 atom stereocenters. The van der Waals surface area contributed by atoms with Crippen molar-refractivity contribution in [3.63, 3.8) is 0 Å². The van der Waals surface area contributed by atoms with Gasteiger partial charge in [-0.3, -0.25) is 0 Å². The Morgan fingerprint density at radius 3 is 2.59 bits per heavy atom. The van der Waals surface area contributed by atoms with E-state index in [-0.39, 0.29) is 12.4 Å². The smallest absolute Gasteiger partial charge is 0.189 e. The van der Waals surface area contributed by atoms with E-state index in [9.17, 15) is 0 Å². The van der Waals surface area contributed by atoms with Crippen molar-refractivity contribution in [1.82, 2.24) is 4.90 Å². The number of hydrogen-bond donors (Lipinski definition) is 1. The zero-order chi connectivity index (χ0) is 15.9. The summed E-state index contributed by atoms with van der Waals surface area (Å²) in [5.74, 6) is 0.741. The van der Waals surface area contributed by atoms with Crippen molar-refractivity contribution in [3.8, 4) is 5.75 Å². The molecule has 2 N–H and O–H groups in total. The van der Waals surface area contributed by atoms with Gasteiger partial charge in [-0.15, -0.1) is 0 Å². The van der Waals surface area contributed by atoms with Gasteiger partial charge in [0, 0.05) is 6.54 Å². The summed E-state index contributed by atoms with van der Waals surface area (Å²) >= 11 is 0. The lowest BCUT2D eigenvalue weighted by Gasteiger charge is -2.17. The van der Waals surface area contributed by atoms with Crippen molar-refractivity contribution in [3.05, 3.63) is 23.8 Å². The number of nitrogen functional groups attached to an aromatic ring is 1. The van der Waals surface area contributed by atoms with Crippen LogP contribution in [0.3, 0.4) is 0 Å². The fourth-order valence-electron chi connectivity index (χ4n) is 2.39. The van der Waals surface area contributed by atoms with Crippen LogP contribution in [0.5, 0.6) is 5.75 Å². The number of benzene rings is 1. The Balaban J connectivity index is 1.78. The van der Waals surface area contributed by atoms with E-state index in [1.54, 1.807) is 0 Å². The van der Waals surface area contributed by atoms with E-state index >= 15 is 0 Å². The number of anilines is 1. The maximum atomic E-state index is 6.02. The zero-order valence-corrected chi connectivity index (χ0v) is 13.9. The number of ether oxygens (including phenoxy) is 3. The van der Waals surface area contributed by atoms with Gasteiger partial charge in [-0.05, 0) is 37.2 Å². The minimum absolute atomic E-state index is 0.000715. The molecule has 124 valence electrons. The molecule has 5 heteroatoms. The van der Waals surface area contributed by atoms with Gasteiger partial charge >= 0.3 is 0 Å². The minimum Gasteiger partial charge on any atom is -0.491 e. The highest BCUT2D eigenvalue weighted by atomic mass is 16.8. The molecule has 0 radical (unpaired) electrons. The molecule has 1 fully saturated rings.